The molecule has 0 aliphatic carbocycles. The largest absolute Gasteiger partial charge is 0.313 e. The molecular formula is C11H20N2. The molecule has 2 heteroatoms. The van der Waals surface area contributed by atoms with Gasteiger partial charge in [0.2, 0.25) is 0 Å². The Kier molecular flexibility index (Phi) is 3.01. The zero-order valence-electron chi connectivity index (χ0n) is 8.55. The van der Waals surface area contributed by atoms with Crippen LogP contribution in [0, 0.1) is 0 Å². The summed E-state index contributed by atoms with van der Waals surface area (Å²) in [5.41, 5.74) is 1.57. The molecule has 0 spiro atoms. The van der Waals surface area contributed by atoms with E-state index in [0.717, 1.165) is 6.04 Å². The number of hydrogen-bond donors (Lipinski definition) is 1. The van der Waals surface area contributed by atoms with Crippen LogP contribution in [-0.2, 0) is 0 Å². The summed E-state index contributed by atoms with van der Waals surface area (Å²) in [6.45, 7) is 7.16. The summed E-state index contributed by atoms with van der Waals surface area (Å²) in [7, 11) is 0. The molecule has 13 heavy (non-hydrogen) atoms. The zero-order chi connectivity index (χ0) is 9.10. The average Bonchev–Trinajstić information content (AvgIpc) is 2.62. The van der Waals surface area contributed by atoms with Crippen LogP contribution in [-0.4, -0.2) is 37.1 Å². The molecule has 1 N–H and O–H groups in total. The lowest BCUT2D eigenvalue weighted by Gasteiger charge is -2.27. The van der Waals surface area contributed by atoms with Crippen LogP contribution in [0.5, 0.6) is 0 Å². The van der Waals surface area contributed by atoms with Crippen LogP contribution >= 0.6 is 0 Å². The molecule has 2 rings (SSSR count). The van der Waals surface area contributed by atoms with E-state index in [4.69, 9.17) is 0 Å². The molecule has 2 aliphatic rings. The first kappa shape index (κ1) is 9.22. The Morgan fingerprint density at radius 3 is 3.15 bits per heavy atom. The highest BCUT2D eigenvalue weighted by molar-refractivity contribution is 5.04. The van der Waals surface area contributed by atoms with Crippen molar-refractivity contribution < 1.29 is 0 Å². The van der Waals surface area contributed by atoms with E-state index in [1.165, 1.54) is 45.4 Å². The molecule has 1 saturated heterocycles. The third kappa shape index (κ3) is 2.55. The van der Waals surface area contributed by atoms with Crippen molar-refractivity contribution in [2.45, 2.75) is 32.2 Å². The molecule has 0 aromatic rings. The molecule has 2 nitrogen and oxygen atoms in total. The Bertz CT molecular complexity index is 192. The maximum Gasteiger partial charge on any atom is 0.0195 e. The van der Waals surface area contributed by atoms with Crippen molar-refractivity contribution >= 4 is 0 Å². The number of hydrogen-bond acceptors (Lipinski definition) is 2. The second-order valence-corrected chi connectivity index (χ2v) is 4.35. The van der Waals surface area contributed by atoms with Gasteiger partial charge in [0.05, 0.1) is 0 Å². The molecule has 74 valence electrons. The van der Waals surface area contributed by atoms with Gasteiger partial charge in [-0.3, -0.25) is 4.90 Å². The van der Waals surface area contributed by atoms with Gasteiger partial charge in [-0.15, -0.1) is 0 Å². The molecule has 0 bridgehead atoms. The van der Waals surface area contributed by atoms with Gasteiger partial charge in [0.25, 0.3) is 0 Å². The fraction of sp³-hybridized carbons (Fsp3) is 0.818. The lowest BCUT2D eigenvalue weighted by atomic mass is 10.1. The molecular weight excluding hydrogens is 160 g/mol. The third-order valence-electron chi connectivity index (χ3n) is 3.16. The Morgan fingerprint density at radius 2 is 2.54 bits per heavy atom. The second kappa shape index (κ2) is 4.25. The van der Waals surface area contributed by atoms with Gasteiger partial charge in [-0.05, 0) is 32.7 Å². The maximum absolute atomic E-state index is 3.55. The summed E-state index contributed by atoms with van der Waals surface area (Å²) in [6.07, 6.45) is 6.39. The lowest BCUT2D eigenvalue weighted by molar-refractivity contribution is 0.266. The topological polar surface area (TPSA) is 15.3 Å². The molecule has 0 aromatic heterocycles. The van der Waals surface area contributed by atoms with Gasteiger partial charge in [0.1, 0.15) is 0 Å². The molecule has 0 radical (unpaired) electrons. The molecule has 0 saturated carbocycles. The predicted octanol–water partition coefficient (Wildman–Crippen LogP) is 1.39. The summed E-state index contributed by atoms with van der Waals surface area (Å²) in [5.74, 6) is 0. The number of nitrogens with one attached hydrogen (secondary N) is 1. The molecule has 1 fully saturated rings. The normalized spacial score (nSPS) is 30.5. The molecule has 1 atom stereocenters. The zero-order valence-corrected chi connectivity index (χ0v) is 8.55. The number of rotatable bonds is 2. The van der Waals surface area contributed by atoms with Crippen LogP contribution in [0.3, 0.4) is 0 Å². The van der Waals surface area contributed by atoms with E-state index < -0.39 is 0 Å². The van der Waals surface area contributed by atoms with Crippen LogP contribution in [0.4, 0.5) is 0 Å². The van der Waals surface area contributed by atoms with Crippen molar-refractivity contribution in [2.75, 3.05) is 26.2 Å². The highest BCUT2D eigenvalue weighted by atomic mass is 15.2. The quantitative estimate of drug-likeness (QED) is 0.646. The number of nitrogens with zero attached hydrogens (tertiary/aromatic N) is 1. The van der Waals surface area contributed by atoms with Gasteiger partial charge in [-0.25, -0.2) is 0 Å². The molecule has 2 aliphatic heterocycles. The molecule has 0 aromatic carbocycles. The fourth-order valence-electron chi connectivity index (χ4n) is 2.20. The van der Waals surface area contributed by atoms with Gasteiger partial charge >= 0.3 is 0 Å². The highest BCUT2D eigenvalue weighted by Gasteiger charge is 2.18. The van der Waals surface area contributed by atoms with E-state index in [1.807, 2.05) is 0 Å². The molecule has 2 heterocycles. The first-order valence-corrected chi connectivity index (χ1v) is 5.46. The van der Waals surface area contributed by atoms with Crippen LogP contribution < -0.4 is 5.32 Å². The van der Waals surface area contributed by atoms with Gasteiger partial charge in [0.15, 0.2) is 0 Å². The Hall–Kier alpha value is -0.340. The van der Waals surface area contributed by atoms with E-state index >= 15 is 0 Å². The molecule has 0 amide bonds. The van der Waals surface area contributed by atoms with Crippen molar-refractivity contribution in [3.05, 3.63) is 11.6 Å². The monoisotopic (exact) mass is 180 g/mol. The van der Waals surface area contributed by atoms with Gasteiger partial charge in [-0.1, -0.05) is 11.6 Å². The van der Waals surface area contributed by atoms with Crippen molar-refractivity contribution in [1.82, 2.24) is 10.2 Å². The fourth-order valence-corrected chi connectivity index (χ4v) is 2.20. The second-order valence-electron chi connectivity index (χ2n) is 4.35. The van der Waals surface area contributed by atoms with Crippen molar-refractivity contribution in [3.8, 4) is 0 Å². The van der Waals surface area contributed by atoms with Crippen LogP contribution in [0.1, 0.15) is 26.2 Å². The standard InChI is InChI=1S/C11H20N2/c1-10-4-7-13(8-5-10)9-11-3-2-6-12-11/h4,11-12H,2-3,5-9H2,1H3. The highest BCUT2D eigenvalue weighted by Crippen LogP contribution is 2.12. The predicted molar refractivity (Wildman–Crippen MR) is 55.8 cm³/mol. The van der Waals surface area contributed by atoms with Gasteiger partial charge in [-0.2, -0.15) is 0 Å². The summed E-state index contributed by atoms with van der Waals surface area (Å²) in [4.78, 5) is 2.57. The van der Waals surface area contributed by atoms with Crippen LogP contribution in [0.25, 0.3) is 0 Å². The minimum atomic E-state index is 0.770. The Morgan fingerprint density at radius 1 is 1.62 bits per heavy atom. The average molecular weight is 180 g/mol. The van der Waals surface area contributed by atoms with Crippen molar-refractivity contribution in [2.24, 2.45) is 0 Å². The Labute approximate surface area is 81.0 Å². The van der Waals surface area contributed by atoms with E-state index in [9.17, 15) is 0 Å². The summed E-state index contributed by atoms with van der Waals surface area (Å²) in [6, 6.07) is 0.770. The summed E-state index contributed by atoms with van der Waals surface area (Å²) < 4.78 is 0. The van der Waals surface area contributed by atoms with Gasteiger partial charge < -0.3 is 5.32 Å². The van der Waals surface area contributed by atoms with Crippen molar-refractivity contribution in [1.29, 1.82) is 0 Å². The minimum absolute atomic E-state index is 0.770. The van der Waals surface area contributed by atoms with Crippen molar-refractivity contribution in [3.63, 3.8) is 0 Å². The minimum Gasteiger partial charge on any atom is -0.313 e. The van der Waals surface area contributed by atoms with Crippen LogP contribution in [0.15, 0.2) is 11.6 Å². The van der Waals surface area contributed by atoms with Crippen LogP contribution in [0.2, 0.25) is 0 Å². The van der Waals surface area contributed by atoms with Gasteiger partial charge in [0, 0.05) is 25.7 Å². The maximum atomic E-state index is 3.55. The first-order valence-electron chi connectivity index (χ1n) is 5.46. The first-order chi connectivity index (χ1) is 6.34. The molecule has 1 unspecified atom stereocenters. The van der Waals surface area contributed by atoms with E-state index in [1.54, 1.807) is 5.57 Å². The van der Waals surface area contributed by atoms with E-state index in [2.05, 4.69) is 23.2 Å². The Balaban J connectivity index is 1.76. The summed E-state index contributed by atoms with van der Waals surface area (Å²) >= 11 is 0. The third-order valence-corrected chi connectivity index (χ3v) is 3.16. The van der Waals surface area contributed by atoms with E-state index in [0.29, 0.717) is 0 Å². The SMILES string of the molecule is CC1=CCN(CC2CCCN2)CC1. The summed E-state index contributed by atoms with van der Waals surface area (Å²) in [5, 5.41) is 3.55. The smallest absolute Gasteiger partial charge is 0.0195 e. The van der Waals surface area contributed by atoms with E-state index in [-0.39, 0.29) is 0 Å². The lowest BCUT2D eigenvalue weighted by Crippen LogP contribution is -2.39.